The summed E-state index contributed by atoms with van der Waals surface area (Å²) in [6, 6.07) is 5.43. The standard InChI is InChI=1S/C13H13Cl2N3/c14-11-2-1-10(12(15)6-11)5-13-17-7-9(3-4-16)8-18-13/h1-2,6-8H,3-5,16H2. The van der Waals surface area contributed by atoms with E-state index < -0.39 is 0 Å². The Hall–Kier alpha value is -1.16. The Morgan fingerprint density at radius 1 is 1.11 bits per heavy atom. The van der Waals surface area contributed by atoms with Crippen LogP contribution in [0.3, 0.4) is 0 Å². The number of hydrogen-bond donors (Lipinski definition) is 1. The predicted octanol–water partition coefficient (Wildman–Crippen LogP) is 2.88. The largest absolute Gasteiger partial charge is 0.330 e. The Morgan fingerprint density at radius 2 is 1.83 bits per heavy atom. The lowest BCUT2D eigenvalue weighted by atomic mass is 10.1. The number of nitrogens with zero attached hydrogens (tertiary/aromatic N) is 2. The maximum Gasteiger partial charge on any atom is 0.132 e. The first-order valence-corrected chi connectivity index (χ1v) is 6.38. The van der Waals surface area contributed by atoms with Gasteiger partial charge in [-0.25, -0.2) is 9.97 Å². The molecule has 0 unspecified atom stereocenters. The molecule has 0 aliphatic rings. The van der Waals surface area contributed by atoms with Crippen LogP contribution in [-0.4, -0.2) is 16.5 Å². The Bertz CT molecular complexity index is 526. The monoisotopic (exact) mass is 281 g/mol. The number of nitrogens with two attached hydrogens (primary N) is 1. The van der Waals surface area contributed by atoms with Crippen molar-refractivity contribution in [3.05, 3.63) is 57.6 Å². The van der Waals surface area contributed by atoms with Gasteiger partial charge in [0.25, 0.3) is 0 Å². The Balaban J connectivity index is 2.13. The number of halogens is 2. The molecule has 0 fully saturated rings. The third-order valence-corrected chi connectivity index (χ3v) is 3.14. The fourth-order valence-corrected chi connectivity index (χ4v) is 2.08. The van der Waals surface area contributed by atoms with Crippen molar-refractivity contribution < 1.29 is 0 Å². The summed E-state index contributed by atoms with van der Waals surface area (Å²) in [5.74, 6) is 0.736. The van der Waals surface area contributed by atoms with Crippen LogP contribution < -0.4 is 5.73 Å². The SMILES string of the molecule is NCCc1cnc(Cc2ccc(Cl)cc2Cl)nc1. The van der Waals surface area contributed by atoms with E-state index in [1.54, 1.807) is 18.5 Å². The van der Waals surface area contributed by atoms with Gasteiger partial charge in [0.05, 0.1) is 0 Å². The molecule has 2 rings (SSSR count). The van der Waals surface area contributed by atoms with E-state index >= 15 is 0 Å². The average molecular weight is 282 g/mol. The van der Waals surface area contributed by atoms with Crippen molar-refractivity contribution in [3.8, 4) is 0 Å². The molecule has 1 aromatic heterocycles. The Morgan fingerprint density at radius 3 is 2.44 bits per heavy atom. The smallest absolute Gasteiger partial charge is 0.132 e. The second-order valence-corrected chi connectivity index (χ2v) is 4.80. The average Bonchev–Trinajstić information content (AvgIpc) is 2.35. The van der Waals surface area contributed by atoms with Gasteiger partial charge in [-0.15, -0.1) is 0 Å². The van der Waals surface area contributed by atoms with Crippen LogP contribution in [0.1, 0.15) is 17.0 Å². The highest BCUT2D eigenvalue weighted by Gasteiger charge is 2.05. The molecule has 0 aliphatic heterocycles. The van der Waals surface area contributed by atoms with Crippen LogP contribution in [0.15, 0.2) is 30.6 Å². The lowest BCUT2D eigenvalue weighted by molar-refractivity contribution is 0.901. The van der Waals surface area contributed by atoms with E-state index in [4.69, 9.17) is 28.9 Å². The highest BCUT2D eigenvalue weighted by molar-refractivity contribution is 6.35. The van der Waals surface area contributed by atoms with Crippen molar-refractivity contribution >= 4 is 23.2 Å². The Kier molecular flexibility index (Phi) is 4.53. The van der Waals surface area contributed by atoms with E-state index in [2.05, 4.69) is 9.97 Å². The number of rotatable bonds is 4. The number of benzene rings is 1. The first-order chi connectivity index (χ1) is 8.69. The topological polar surface area (TPSA) is 51.8 Å². The minimum Gasteiger partial charge on any atom is -0.330 e. The highest BCUT2D eigenvalue weighted by Crippen LogP contribution is 2.22. The van der Waals surface area contributed by atoms with Gasteiger partial charge in [-0.05, 0) is 36.2 Å². The summed E-state index contributed by atoms with van der Waals surface area (Å²) in [7, 11) is 0. The fraction of sp³-hybridized carbons (Fsp3) is 0.231. The van der Waals surface area contributed by atoms with Crippen molar-refractivity contribution in [1.82, 2.24) is 9.97 Å². The van der Waals surface area contributed by atoms with Gasteiger partial charge in [-0.2, -0.15) is 0 Å². The normalized spacial score (nSPS) is 10.6. The summed E-state index contributed by atoms with van der Waals surface area (Å²) in [5.41, 5.74) is 7.48. The van der Waals surface area contributed by atoms with E-state index in [9.17, 15) is 0 Å². The molecular formula is C13H13Cl2N3. The number of aromatic nitrogens is 2. The van der Waals surface area contributed by atoms with Crippen LogP contribution in [0.4, 0.5) is 0 Å². The van der Waals surface area contributed by atoms with Crippen LogP contribution in [0.2, 0.25) is 10.0 Å². The molecule has 2 N–H and O–H groups in total. The summed E-state index contributed by atoms with van der Waals surface area (Å²) >= 11 is 12.0. The van der Waals surface area contributed by atoms with Gasteiger partial charge in [0.15, 0.2) is 0 Å². The van der Waals surface area contributed by atoms with E-state index in [1.807, 2.05) is 12.1 Å². The van der Waals surface area contributed by atoms with Gasteiger partial charge in [0.1, 0.15) is 5.82 Å². The van der Waals surface area contributed by atoms with Crippen molar-refractivity contribution in [2.45, 2.75) is 12.8 Å². The molecule has 2 aromatic rings. The zero-order valence-corrected chi connectivity index (χ0v) is 11.2. The molecule has 5 heteroatoms. The molecule has 0 amide bonds. The third-order valence-electron chi connectivity index (χ3n) is 2.56. The van der Waals surface area contributed by atoms with Gasteiger partial charge < -0.3 is 5.73 Å². The van der Waals surface area contributed by atoms with Crippen molar-refractivity contribution in [1.29, 1.82) is 0 Å². The van der Waals surface area contributed by atoms with Crippen molar-refractivity contribution in [2.24, 2.45) is 5.73 Å². The molecule has 0 atom stereocenters. The van der Waals surface area contributed by atoms with Crippen LogP contribution in [0.5, 0.6) is 0 Å². The molecule has 3 nitrogen and oxygen atoms in total. The van der Waals surface area contributed by atoms with E-state index in [-0.39, 0.29) is 0 Å². The Labute approximate surface area is 116 Å². The summed E-state index contributed by atoms with van der Waals surface area (Å²) in [6.45, 7) is 0.603. The molecule has 18 heavy (non-hydrogen) atoms. The van der Waals surface area contributed by atoms with Crippen molar-refractivity contribution in [3.63, 3.8) is 0 Å². The minimum atomic E-state index is 0.596. The van der Waals surface area contributed by atoms with Crippen LogP contribution in [-0.2, 0) is 12.8 Å². The van der Waals surface area contributed by atoms with Gasteiger partial charge >= 0.3 is 0 Å². The zero-order chi connectivity index (χ0) is 13.0. The van der Waals surface area contributed by atoms with Gasteiger partial charge in [-0.1, -0.05) is 29.3 Å². The van der Waals surface area contributed by atoms with E-state index in [0.29, 0.717) is 23.0 Å². The summed E-state index contributed by atoms with van der Waals surface area (Å²) in [6.07, 6.45) is 5.00. The summed E-state index contributed by atoms with van der Waals surface area (Å²) in [4.78, 5) is 8.60. The molecule has 0 saturated heterocycles. The quantitative estimate of drug-likeness (QED) is 0.938. The molecule has 0 aliphatic carbocycles. The lowest BCUT2D eigenvalue weighted by Gasteiger charge is -2.04. The van der Waals surface area contributed by atoms with Crippen LogP contribution in [0, 0.1) is 0 Å². The second kappa shape index (κ2) is 6.14. The highest BCUT2D eigenvalue weighted by atomic mass is 35.5. The first-order valence-electron chi connectivity index (χ1n) is 5.63. The van der Waals surface area contributed by atoms with Crippen LogP contribution in [0.25, 0.3) is 0 Å². The molecular weight excluding hydrogens is 269 g/mol. The van der Waals surface area contributed by atoms with E-state index in [0.717, 1.165) is 23.4 Å². The van der Waals surface area contributed by atoms with Gasteiger partial charge in [-0.3, -0.25) is 0 Å². The summed E-state index contributed by atoms with van der Waals surface area (Å²) in [5, 5.41) is 1.26. The molecule has 94 valence electrons. The number of hydrogen-bond acceptors (Lipinski definition) is 3. The molecule has 0 spiro atoms. The molecule has 0 saturated carbocycles. The first kappa shape index (κ1) is 13.3. The predicted molar refractivity (Wildman–Crippen MR) is 74.1 cm³/mol. The van der Waals surface area contributed by atoms with Gasteiger partial charge in [0.2, 0.25) is 0 Å². The van der Waals surface area contributed by atoms with Crippen molar-refractivity contribution in [2.75, 3.05) is 6.54 Å². The molecule has 1 heterocycles. The lowest BCUT2D eigenvalue weighted by Crippen LogP contribution is -2.05. The van der Waals surface area contributed by atoms with Crippen LogP contribution >= 0.6 is 23.2 Å². The maximum absolute atomic E-state index is 6.10. The third kappa shape index (κ3) is 3.42. The molecule has 1 aromatic carbocycles. The molecule has 0 radical (unpaired) electrons. The van der Waals surface area contributed by atoms with E-state index in [1.165, 1.54) is 0 Å². The maximum atomic E-state index is 6.10. The second-order valence-electron chi connectivity index (χ2n) is 3.96. The zero-order valence-electron chi connectivity index (χ0n) is 9.74. The fourth-order valence-electron chi connectivity index (χ4n) is 1.60. The minimum absolute atomic E-state index is 0.596. The summed E-state index contributed by atoms with van der Waals surface area (Å²) < 4.78 is 0. The molecule has 0 bridgehead atoms. The van der Waals surface area contributed by atoms with Gasteiger partial charge in [0, 0.05) is 28.9 Å².